The van der Waals surface area contributed by atoms with Gasteiger partial charge in [0.1, 0.15) is 16.7 Å². The summed E-state index contributed by atoms with van der Waals surface area (Å²) in [5, 5.41) is 0.377. The fourth-order valence-electron chi connectivity index (χ4n) is 1.52. The van der Waals surface area contributed by atoms with Gasteiger partial charge in [0.2, 0.25) is 10.0 Å². The van der Waals surface area contributed by atoms with Gasteiger partial charge < -0.3 is 4.74 Å². The van der Waals surface area contributed by atoms with Gasteiger partial charge in [0, 0.05) is 11.6 Å². The summed E-state index contributed by atoms with van der Waals surface area (Å²) in [7, 11) is -3.50. The number of ether oxygens (including phenoxy) is 1. The minimum Gasteiger partial charge on any atom is -0.488 e. The summed E-state index contributed by atoms with van der Waals surface area (Å²) < 4.78 is 31.8. The Hall–Kier alpha value is -0.780. The van der Waals surface area contributed by atoms with Crippen LogP contribution in [0.25, 0.3) is 0 Å². The number of sulfonamides is 1. The van der Waals surface area contributed by atoms with Crippen LogP contribution in [-0.2, 0) is 10.0 Å². The molecule has 16 heavy (non-hydrogen) atoms. The summed E-state index contributed by atoms with van der Waals surface area (Å²) in [6, 6.07) is 4.61. The average Bonchev–Trinajstić information content (AvgIpc) is 2.37. The molecule has 0 aromatic heterocycles. The fraction of sp³-hybridized carbons (Fsp3) is 0.400. The third-order valence-corrected chi connectivity index (χ3v) is 4.13. The molecule has 1 atom stereocenters. The molecule has 0 saturated carbocycles. The lowest BCUT2D eigenvalue weighted by atomic mass is 10.2. The zero-order chi connectivity index (χ0) is 11.8. The van der Waals surface area contributed by atoms with Crippen molar-refractivity contribution in [1.82, 2.24) is 4.72 Å². The van der Waals surface area contributed by atoms with E-state index in [1.165, 1.54) is 6.07 Å². The van der Waals surface area contributed by atoms with E-state index < -0.39 is 10.0 Å². The van der Waals surface area contributed by atoms with E-state index in [1.807, 2.05) is 6.92 Å². The first-order chi connectivity index (χ1) is 7.53. The average molecular weight is 262 g/mol. The Morgan fingerprint density at radius 1 is 1.56 bits per heavy atom. The van der Waals surface area contributed by atoms with E-state index in [0.29, 0.717) is 10.8 Å². The Morgan fingerprint density at radius 2 is 2.31 bits per heavy atom. The highest BCUT2D eigenvalue weighted by Crippen LogP contribution is 2.30. The van der Waals surface area contributed by atoms with Crippen molar-refractivity contribution < 1.29 is 13.2 Å². The zero-order valence-corrected chi connectivity index (χ0v) is 10.3. The number of hydrogen-bond acceptors (Lipinski definition) is 3. The third kappa shape index (κ3) is 2.16. The van der Waals surface area contributed by atoms with E-state index in [4.69, 9.17) is 16.3 Å². The maximum absolute atomic E-state index is 11.9. The zero-order valence-electron chi connectivity index (χ0n) is 8.73. The Morgan fingerprint density at radius 3 is 3.00 bits per heavy atom. The molecule has 0 fully saturated rings. The largest absolute Gasteiger partial charge is 0.488 e. The van der Waals surface area contributed by atoms with Gasteiger partial charge in [-0.05, 0) is 24.6 Å². The van der Waals surface area contributed by atoms with Gasteiger partial charge in [0.15, 0.2) is 0 Å². The monoisotopic (exact) mass is 261 g/mol. The van der Waals surface area contributed by atoms with E-state index >= 15 is 0 Å². The molecule has 2 rings (SSSR count). The third-order valence-electron chi connectivity index (χ3n) is 2.45. The standard InChI is InChI=1S/C10H12ClNO3S/c1-2-8-6-12-16(13,14)10-5-7(11)3-4-9(10)15-8/h3-5,8,12H,2,6H2,1H3/t8-/m1/s1. The van der Waals surface area contributed by atoms with Gasteiger partial charge >= 0.3 is 0 Å². The molecule has 1 aromatic rings. The highest BCUT2D eigenvalue weighted by molar-refractivity contribution is 7.89. The predicted octanol–water partition coefficient (Wildman–Crippen LogP) is 1.79. The molecule has 0 saturated heterocycles. The molecule has 1 aliphatic heterocycles. The first kappa shape index (κ1) is 11.7. The SMILES string of the molecule is CC[C@@H]1CNS(=O)(=O)c2cc(Cl)ccc2O1. The second kappa shape index (κ2) is 4.24. The van der Waals surface area contributed by atoms with Gasteiger partial charge in [-0.3, -0.25) is 0 Å². The lowest BCUT2D eigenvalue weighted by molar-refractivity contribution is 0.200. The predicted molar refractivity (Wildman–Crippen MR) is 61.3 cm³/mol. The van der Waals surface area contributed by atoms with Gasteiger partial charge in [-0.15, -0.1) is 0 Å². The lowest BCUT2D eigenvalue weighted by Gasteiger charge is -2.13. The molecule has 88 valence electrons. The van der Waals surface area contributed by atoms with Crippen LogP contribution in [0.1, 0.15) is 13.3 Å². The van der Waals surface area contributed by atoms with E-state index in [1.54, 1.807) is 12.1 Å². The van der Waals surface area contributed by atoms with Crippen molar-refractivity contribution in [3.05, 3.63) is 23.2 Å². The van der Waals surface area contributed by atoms with Crippen molar-refractivity contribution in [2.24, 2.45) is 0 Å². The molecular formula is C10H12ClNO3S. The van der Waals surface area contributed by atoms with E-state index in [-0.39, 0.29) is 17.5 Å². The normalized spacial score (nSPS) is 23.0. The summed E-state index contributed by atoms with van der Waals surface area (Å²) in [6.07, 6.45) is 0.599. The number of nitrogens with one attached hydrogen (secondary N) is 1. The first-order valence-electron chi connectivity index (χ1n) is 4.99. The van der Waals surface area contributed by atoms with Crippen LogP contribution in [0.3, 0.4) is 0 Å². The maximum Gasteiger partial charge on any atom is 0.244 e. The molecule has 0 spiro atoms. The summed E-state index contributed by atoms with van der Waals surface area (Å²) in [5.41, 5.74) is 0. The van der Waals surface area contributed by atoms with Crippen LogP contribution in [0.4, 0.5) is 0 Å². The molecule has 1 aromatic carbocycles. The Labute approximate surface area is 99.6 Å². The molecule has 0 unspecified atom stereocenters. The number of halogens is 1. The highest BCUT2D eigenvalue weighted by Gasteiger charge is 2.26. The summed E-state index contributed by atoms with van der Waals surface area (Å²) in [4.78, 5) is 0.107. The smallest absolute Gasteiger partial charge is 0.244 e. The second-order valence-corrected chi connectivity index (χ2v) is 5.76. The number of hydrogen-bond donors (Lipinski definition) is 1. The van der Waals surface area contributed by atoms with Gasteiger partial charge in [0.05, 0.1) is 0 Å². The molecule has 1 N–H and O–H groups in total. The van der Waals surface area contributed by atoms with Gasteiger partial charge in [-0.1, -0.05) is 18.5 Å². The molecular weight excluding hydrogens is 250 g/mol. The van der Waals surface area contributed by atoms with Gasteiger partial charge in [-0.25, -0.2) is 13.1 Å². The fourth-order valence-corrected chi connectivity index (χ4v) is 2.98. The quantitative estimate of drug-likeness (QED) is 0.839. The van der Waals surface area contributed by atoms with Crippen LogP contribution in [-0.4, -0.2) is 21.1 Å². The number of fused-ring (bicyclic) bond motifs is 1. The van der Waals surface area contributed by atoms with Gasteiger partial charge in [0.25, 0.3) is 0 Å². The molecule has 6 heteroatoms. The van der Waals surface area contributed by atoms with Crippen molar-refractivity contribution in [2.45, 2.75) is 24.3 Å². The van der Waals surface area contributed by atoms with Crippen LogP contribution in [0.5, 0.6) is 5.75 Å². The highest BCUT2D eigenvalue weighted by atomic mass is 35.5. The van der Waals surface area contributed by atoms with E-state index in [9.17, 15) is 8.42 Å². The van der Waals surface area contributed by atoms with Crippen LogP contribution in [0.15, 0.2) is 23.1 Å². The van der Waals surface area contributed by atoms with Crippen molar-refractivity contribution in [1.29, 1.82) is 0 Å². The summed E-state index contributed by atoms with van der Waals surface area (Å²) in [6.45, 7) is 2.23. The number of rotatable bonds is 1. The van der Waals surface area contributed by atoms with E-state index in [2.05, 4.69) is 4.72 Å². The molecule has 0 amide bonds. The van der Waals surface area contributed by atoms with Crippen molar-refractivity contribution in [3.63, 3.8) is 0 Å². The number of benzene rings is 1. The molecule has 0 aliphatic carbocycles. The van der Waals surface area contributed by atoms with E-state index in [0.717, 1.165) is 6.42 Å². The van der Waals surface area contributed by atoms with Gasteiger partial charge in [-0.2, -0.15) is 0 Å². The Bertz CT molecular complexity index is 501. The Kier molecular flexibility index (Phi) is 3.10. The summed E-state index contributed by atoms with van der Waals surface area (Å²) in [5.74, 6) is 0.362. The summed E-state index contributed by atoms with van der Waals surface area (Å²) >= 11 is 5.78. The molecule has 4 nitrogen and oxygen atoms in total. The molecule has 0 radical (unpaired) electrons. The Balaban J connectivity index is 2.54. The minimum absolute atomic E-state index is 0.107. The van der Waals surface area contributed by atoms with Crippen LogP contribution in [0, 0.1) is 0 Å². The van der Waals surface area contributed by atoms with Crippen LogP contribution in [0.2, 0.25) is 5.02 Å². The molecule has 1 heterocycles. The second-order valence-electron chi connectivity index (χ2n) is 3.59. The van der Waals surface area contributed by atoms with Crippen molar-refractivity contribution in [3.8, 4) is 5.75 Å². The topological polar surface area (TPSA) is 55.4 Å². The van der Waals surface area contributed by atoms with Crippen molar-refractivity contribution in [2.75, 3.05) is 6.54 Å². The molecule has 0 bridgehead atoms. The van der Waals surface area contributed by atoms with Crippen LogP contribution >= 0.6 is 11.6 Å². The molecule has 1 aliphatic rings. The first-order valence-corrected chi connectivity index (χ1v) is 6.85. The van der Waals surface area contributed by atoms with Crippen molar-refractivity contribution >= 4 is 21.6 Å². The lowest BCUT2D eigenvalue weighted by Crippen LogP contribution is -2.31. The maximum atomic E-state index is 11.9. The minimum atomic E-state index is -3.50. The van der Waals surface area contributed by atoms with Crippen LogP contribution < -0.4 is 9.46 Å².